The maximum Gasteiger partial charge on any atom is 0.308 e. The lowest BCUT2D eigenvalue weighted by Gasteiger charge is -2.18. The summed E-state index contributed by atoms with van der Waals surface area (Å²) in [5.74, 6) is -0.957. The summed E-state index contributed by atoms with van der Waals surface area (Å²) in [4.78, 5) is 35.5. The van der Waals surface area contributed by atoms with Crippen LogP contribution in [0.5, 0.6) is 0 Å². The van der Waals surface area contributed by atoms with Gasteiger partial charge in [-0.05, 0) is 25.5 Å². The number of ether oxygens (including phenoxy) is 1. The van der Waals surface area contributed by atoms with Crippen LogP contribution in [0.25, 0.3) is 5.69 Å². The molecule has 2 aromatic carbocycles. The molecule has 1 amide bonds. The Hall–Kier alpha value is -4.08. The molecule has 3 rings (SSSR count). The molecular weight excluding hydrogens is 402 g/mol. The van der Waals surface area contributed by atoms with Crippen molar-refractivity contribution in [2.45, 2.75) is 26.3 Å². The standard InChI is InChI=1S/C21H21N5O5/c1-3-31-19(27)13-18(15-8-5-4-6-9-15)22-21(28)20-14(2)25(24-23-20)16-10-7-11-17(12-16)26(29)30/h4-12,18H,3,13H2,1-2H3,(H,22,28). The number of nitro groups is 1. The number of non-ortho nitro benzene ring substituents is 1. The van der Waals surface area contributed by atoms with Gasteiger partial charge in [-0.25, -0.2) is 4.68 Å². The molecule has 10 heteroatoms. The molecule has 1 unspecified atom stereocenters. The van der Waals surface area contributed by atoms with Crippen molar-refractivity contribution in [1.29, 1.82) is 0 Å². The van der Waals surface area contributed by atoms with Crippen molar-refractivity contribution in [2.75, 3.05) is 6.61 Å². The smallest absolute Gasteiger partial charge is 0.308 e. The highest BCUT2D eigenvalue weighted by atomic mass is 16.6. The highest BCUT2D eigenvalue weighted by Crippen LogP contribution is 2.21. The van der Waals surface area contributed by atoms with Gasteiger partial charge in [-0.15, -0.1) is 5.10 Å². The first-order chi connectivity index (χ1) is 14.9. The first-order valence-electron chi connectivity index (χ1n) is 9.59. The van der Waals surface area contributed by atoms with E-state index < -0.39 is 22.8 Å². The molecule has 0 radical (unpaired) electrons. The molecule has 0 aliphatic heterocycles. The average molecular weight is 423 g/mol. The number of hydrogen-bond donors (Lipinski definition) is 1. The van der Waals surface area contributed by atoms with E-state index in [-0.39, 0.29) is 24.4 Å². The Kier molecular flexibility index (Phi) is 6.71. The van der Waals surface area contributed by atoms with Crippen LogP contribution in [0.2, 0.25) is 0 Å². The molecule has 0 spiro atoms. The van der Waals surface area contributed by atoms with Crippen molar-refractivity contribution in [2.24, 2.45) is 0 Å². The van der Waals surface area contributed by atoms with Gasteiger partial charge in [0.15, 0.2) is 5.69 Å². The molecule has 3 aromatic rings. The lowest BCUT2D eigenvalue weighted by Crippen LogP contribution is -2.31. The van der Waals surface area contributed by atoms with Gasteiger partial charge in [0.25, 0.3) is 11.6 Å². The quantitative estimate of drug-likeness (QED) is 0.335. The molecule has 0 fully saturated rings. The molecule has 0 saturated carbocycles. The number of nitrogens with one attached hydrogen (secondary N) is 1. The maximum atomic E-state index is 12.9. The van der Waals surface area contributed by atoms with Crippen LogP contribution in [0.4, 0.5) is 5.69 Å². The lowest BCUT2D eigenvalue weighted by atomic mass is 10.0. The second kappa shape index (κ2) is 9.61. The minimum absolute atomic E-state index is 0.0400. The number of rotatable bonds is 8. The monoisotopic (exact) mass is 423 g/mol. The fourth-order valence-corrected chi connectivity index (χ4v) is 3.07. The Bertz CT molecular complexity index is 1100. The summed E-state index contributed by atoms with van der Waals surface area (Å²) in [7, 11) is 0. The Morgan fingerprint density at radius 1 is 1.19 bits per heavy atom. The van der Waals surface area contributed by atoms with Crippen molar-refractivity contribution >= 4 is 17.6 Å². The molecule has 1 atom stereocenters. The van der Waals surface area contributed by atoms with Gasteiger partial charge < -0.3 is 10.1 Å². The van der Waals surface area contributed by atoms with Crippen LogP contribution in [0, 0.1) is 17.0 Å². The van der Waals surface area contributed by atoms with Gasteiger partial charge in [0, 0.05) is 12.1 Å². The third kappa shape index (κ3) is 5.10. The number of carbonyl (C=O) groups excluding carboxylic acids is 2. The topological polar surface area (TPSA) is 129 Å². The number of hydrogen-bond acceptors (Lipinski definition) is 7. The van der Waals surface area contributed by atoms with Gasteiger partial charge in [-0.2, -0.15) is 0 Å². The number of amides is 1. The first kappa shape index (κ1) is 21.6. The van der Waals surface area contributed by atoms with Gasteiger partial charge in [-0.1, -0.05) is 41.6 Å². The highest BCUT2D eigenvalue weighted by Gasteiger charge is 2.24. The Labute approximate surface area is 178 Å². The van der Waals surface area contributed by atoms with E-state index in [1.54, 1.807) is 32.0 Å². The van der Waals surface area contributed by atoms with Crippen LogP contribution in [-0.2, 0) is 9.53 Å². The predicted octanol–water partition coefficient (Wildman–Crippen LogP) is 2.91. The maximum absolute atomic E-state index is 12.9. The van der Waals surface area contributed by atoms with Gasteiger partial charge in [0.2, 0.25) is 0 Å². The summed E-state index contributed by atoms with van der Waals surface area (Å²) in [6.45, 7) is 3.59. The number of carbonyl (C=O) groups is 2. The predicted molar refractivity (Wildman–Crippen MR) is 111 cm³/mol. The largest absolute Gasteiger partial charge is 0.466 e. The third-order valence-electron chi connectivity index (χ3n) is 4.58. The van der Waals surface area contributed by atoms with E-state index >= 15 is 0 Å². The van der Waals surface area contributed by atoms with Gasteiger partial charge in [-0.3, -0.25) is 19.7 Å². The van der Waals surface area contributed by atoms with Crippen LogP contribution in [0.15, 0.2) is 54.6 Å². The Morgan fingerprint density at radius 3 is 2.61 bits per heavy atom. The fourth-order valence-electron chi connectivity index (χ4n) is 3.07. The number of aromatic nitrogens is 3. The molecule has 10 nitrogen and oxygen atoms in total. The van der Waals surface area contributed by atoms with Crippen LogP contribution >= 0.6 is 0 Å². The Morgan fingerprint density at radius 2 is 1.94 bits per heavy atom. The summed E-state index contributed by atoms with van der Waals surface area (Å²) in [5, 5.41) is 21.8. The van der Waals surface area contributed by atoms with Crippen molar-refractivity contribution in [3.05, 3.63) is 81.7 Å². The molecule has 0 aliphatic carbocycles. The zero-order valence-corrected chi connectivity index (χ0v) is 17.0. The molecule has 31 heavy (non-hydrogen) atoms. The van der Waals surface area contributed by atoms with Crippen molar-refractivity contribution in [3.63, 3.8) is 0 Å². The van der Waals surface area contributed by atoms with Crippen LogP contribution in [0.1, 0.15) is 41.1 Å². The summed E-state index contributed by atoms with van der Waals surface area (Å²) in [6, 6.07) is 14.3. The molecule has 1 aromatic heterocycles. The molecule has 1 heterocycles. The number of nitrogens with zero attached hydrogens (tertiary/aromatic N) is 4. The van der Waals surface area contributed by atoms with E-state index in [4.69, 9.17) is 4.74 Å². The summed E-state index contributed by atoms with van der Waals surface area (Å²) in [5.41, 5.74) is 1.51. The van der Waals surface area contributed by atoms with Crippen LogP contribution < -0.4 is 5.32 Å². The number of esters is 1. The highest BCUT2D eigenvalue weighted by molar-refractivity contribution is 5.93. The second-order valence-electron chi connectivity index (χ2n) is 6.66. The van der Waals surface area contributed by atoms with E-state index in [1.807, 2.05) is 18.2 Å². The molecule has 0 bridgehead atoms. The zero-order valence-electron chi connectivity index (χ0n) is 17.0. The van der Waals surface area contributed by atoms with Gasteiger partial charge >= 0.3 is 5.97 Å². The van der Waals surface area contributed by atoms with Crippen LogP contribution in [-0.4, -0.2) is 38.4 Å². The molecule has 1 N–H and O–H groups in total. The molecule has 0 saturated heterocycles. The second-order valence-corrected chi connectivity index (χ2v) is 6.66. The van der Waals surface area contributed by atoms with E-state index in [2.05, 4.69) is 15.6 Å². The summed E-state index contributed by atoms with van der Waals surface area (Å²) in [6.07, 6.45) is -0.0400. The van der Waals surface area contributed by atoms with Crippen molar-refractivity contribution in [1.82, 2.24) is 20.3 Å². The normalized spacial score (nSPS) is 11.5. The third-order valence-corrected chi connectivity index (χ3v) is 4.58. The summed E-state index contributed by atoms with van der Waals surface area (Å²) < 4.78 is 6.37. The van der Waals surface area contributed by atoms with E-state index in [9.17, 15) is 19.7 Å². The zero-order chi connectivity index (χ0) is 22.4. The van der Waals surface area contributed by atoms with E-state index in [1.165, 1.54) is 22.9 Å². The van der Waals surface area contributed by atoms with Gasteiger partial charge in [0.05, 0.1) is 35.4 Å². The number of nitro benzene ring substituents is 1. The fraction of sp³-hybridized carbons (Fsp3) is 0.238. The first-order valence-corrected chi connectivity index (χ1v) is 9.59. The minimum Gasteiger partial charge on any atom is -0.466 e. The minimum atomic E-state index is -0.616. The number of benzene rings is 2. The molecule has 160 valence electrons. The molecular formula is C21H21N5O5. The van der Waals surface area contributed by atoms with E-state index in [0.29, 0.717) is 11.4 Å². The van der Waals surface area contributed by atoms with Gasteiger partial charge in [0.1, 0.15) is 0 Å². The molecule has 0 aliphatic rings. The SMILES string of the molecule is CCOC(=O)CC(NC(=O)c1nnn(-c2cccc([N+](=O)[O-])c2)c1C)c1ccccc1. The van der Waals surface area contributed by atoms with Crippen LogP contribution in [0.3, 0.4) is 0 Å². The Balaban J connectivity index is 1.85. The van der Waals surface area contributed by atoms with E-state index in [0.717, 1.165) is 5.56 Å². The van der Waals surface area contributed by atoms with Crippen molar-refractivity contribution < 1.29 is 19.2 Å². The van der Waals surface area contributed by atoms with Crippen molar-refractivity contribution in [3.8, 4) is 5.69 Å². The summed E-state index contributed by atoms with van der Waals surface area (Å²) >= 11 is 0. The average Bonchev–Trinajstić information content (AvgIpc) is 3.15. The lowest BCUT2D eigenvalue weighted by molar-refractivity contribution is -0.384.